The standard InChI is InChI=1S/C27H29FN6O2/c1-27(2,3)34-14-19(15-34)30-26(35)16-5-7-21(24(11-16)36-4)32-25-13-29-12-23(33-25)22-10-17-9-18(28)6-8-20(17)31-22/h5-13,19,31H,14-15H2,1-4H3,(H,30,35)(H,32,33). The fourth-order valence-electron chi connectivity index (χ4n) is 4.26. The molecule has 0 bridgehead atoms. The number of carbonyl (C=O) groups is 1. The molecule has 0 aliphatic carbocycles. The normalized spacial score (nSPS) is 14.5. The van der Waals surface area contributed by atoms with Crippen molar-refractivity contribution in [3.05, 3.63) is 66.2 Å². The highest BCUT2D eigenvalue weighted by atomic mass is 19.1. The van der Waals surface area contributed by atoms with Crippen LogP contribution in [-0.4, -0.2) is 57.5 Å². The molecule has 1 aliphatic rings. The molecule has 5 rings (SSSR count). The Bertz CT molecular complexity index is 1420. The topological polar surface area (TPSA) is 95.2 Å². The number of halogens is 1. The van der Waals surface area contributed by atoms with Gasteiger partial charge in [0.25, 0.3) is 5.91 Å². The number of ether oxygens (including phenoxy) is 1. The number of hydrogen-bond donors (Lipinski definition) is 3. The van der Waals surface area contributed by atoms with Crippen LogP contribution in [0.1, 0.15) is 31.1 Å². The molecule has 2 aromatic carbocycles. The van der Waals surface area contributed by atoms with Crippen LogP contribution in [0.2, 0.25) is 0 Å². The quantitative estimate of drug-likeness (QED) is 0.363. The monoisotopic (exact) mass is 488 g/mol. The van der Waals surface area contributed by atoms with Crippen LogP contribution in [0.3, 0.4) is 0 Å². The highest BCUT2D eigenvalue weighted by Crippen LogP contribution is 2.30. The van der Waals surface area contributed by atoms with E-state index in [1.165, 1.54) is 12.1 Å². The lowest BCUT2D eigenvalue weighted by Gasteiger charge is -2.47. The van der Waals surface area contributed by atoms with Gasteiger partial charge in [-0.05, 0) is 63.2 Å². The molecule has 186 valence electrons. The SMILES string of the molecule is COc1cc(C(=O)NC2CN(C(C)(C)C)C2)ccc1Nc1cncc(-c2cc3cc(F)ccc3[nH]2)n1. The van der Waals surface area contributed by atoms with Gasteiger partial charge in [-0.2, -0.15) is 0 Å². The zero-order valence-electron chi connectivity index (χ0n) is 20.7. The van der Waals surface area contributed by atoms with Crippen LogP contribution in [0, 0.1) is 5.82 Å². The molecule has 1 fully saturated rings. The first kappa shape index (κ1) is 23.7. The molecule has 1 aliphatic heterocycles. The number of fused-ring (bicyclic) bond motifs is 1. The number of methoxy groups -OCH3 is 1. The molecule has 9 heteroatoms. The van der Waals surface area contributed by atoms with Crippen molar-refractivity contribution in [1.82, 2.24) is 25.2 Å². The van der Waals surface area contributed by atoms with Crippen molar-refractivity contribution in [3.8, 4) is 17.1 Å². The van der Waals surface area contributed by atoms with Gasteiger partial charge in [0.1, 0.15) is 23.1 Å². The van der Waals surface area contributed by atoms with Gasteiger partial charge in [0.2, 0.25) is 0 Å². The Morgan fingerprint density at radius 2 is 1.94 bits per heavy atom. The predicted molar refractivity (Wildman–Crippen MR) is 138 cm³/mol. The fraction of sp³-hybridized carbons (Fsp3) is 0.296. The lowest BCUT2D eigenvalue weighted by Crippen LogP contribution is -2.64. The van der Waals surface area contributed by atoms with E-state index in [4.69, 9.17) is 4.74 Å². The molecule has 0 radical (unpaired) electrons. The number of H-pyrrole nitrogens is 1. The first-order chi connectivity index (χ1) is 17.2. The van der Waals surface area contributed by atoms with Gasteiger partial charge in [-0.3, -0.25) is 14.7 Å². The van der Waals surface area contributed by atoms with E-state index in [2.05, 4.69) is 51.3 Å². The van der Waals surface area contributed by atoms with Gasteiger partial charge in [-0.15, -0.1) is 0 Å². The van der Waals surface area contributed by atoms with Crippen molar-refractivity contribution in [2.45, 2.75) is 32.4 Å². The predicted octanol–water partition coefficient (Wildman–Crippen LogP) is 4.73. The van der Waals surface area contributed by atoms with Crippen molar-refractivity contribution < 1.29 is 13.9 Å². The molecule has 1 amide bonds. The van der Waals surface area contributed by atoms with Crippen LogP contribution in [0.15, 0.2) is 54.9 Å². The summed E-state index contributed by atoms with van der Waals surface area (Å²) in [4.78, 5) is 27.3. The van der Waals surface area contributed by atoms with Gasteiger partial charge in [0, 0.05) is 35.1 Å². The van der Waals surface area contributed by atoms with Crippen LogP contribution in [0.5, 0.6) is 5.75 Å². The van der Waals surface area contributed by atoms with Gasteiger partial charge >= 0.3 is 0 Å². The fourth-order valence-corrected chi connectivity index (χ4v) is 4.26. The third-order valence-corrected chi connectivity index (χ3v) is 6.39. The summed E-state index contributed by atoms with van der Waals surface area (Å²) < 4.78 is 19.1. The smallest absolute Gasteiger partial charge is 0.251 e. The largest absolute Gasteiger partial charge is 0.495 e. The third-order valence-electron chi connectivity index (χ3n) is 6.39. The number of likely N-dealkylation sites (tertiary alicyclic amines) is 1. The summed E-state index contributed by atoms with van der Waals surface area (Å²) >= 11 is 0. The van der Waals surface area contributed by atoms with Crippen molar-refractivity contribution in [2.75, 3.05) is 25.5 Å². The second kappa shape index (κ2) is 9.23. The van der Waals surface area contributed by atoms with E-state index >= 15 is 0 Å². The van der Waals surface area contributed by atoms with Crippen LogP contribution >= 0.6 is 0 Å². The molecule has 4 aromatic rings. The van der Waals surface area contributed by atoms with Crippen molar-refractivity contribution >= 4 is 28.3 Å². The van der Waals surface area contributed by atoms with Gasteiger partial charge in [0.05, 0.1) is 36.9 Å². The van der Waals surface area contributed by atoms with Crippen molar-refractivity contribution in [3.63, 3.8) is 0 Å². The molecule has 0 atom stereocenters. The number of rotatable bonds is 6. The second-order valence-electron chi connectivity index (χ2n) is 9.99. The molecule has 0 saturated carbocycles. The van der Waals surface area contributed by atoms with Gasteiger partial charge in [-0.25, -0.2) is 9.37 Å². The maximum atomic E-state index is 13.6. The number of benzene rings is 2. The molecule has 2 aromatic heterocycles. The first-order valence-electron chi connectivity index (χ1n) is 11.8. The van der Waals surface area contributed by atoms with E-state index < -0.39 is 0 Å². The zero-order valence-corrected chi connectivity index (χ0v) is 20.7. The Morgan fingerprint density at radius 1 is 1.14 bits per heavy atom. The lowest BCUT2D eigenvalue weighted by molar-refractivity contribution is 0.0331. The summed E-state index contributed by atoms with van der Waals surface area (Å²) in [5.41, 5.74) is 3.43. The van der Waals surface area contributed by atoms with E-state index in [1.54, 1.807) is 43.8 Å². The van der Waals surface area contributed by atoms with E-state index in [1.807, 2.05) is 6.07 Å². The van der Waals surface area contributed by atoms with Crippen LogP contribution < -0.4 is 15.4 Å². The number of hydrogen-bond acceptors (Lipinski definition) is 6. The summed E-state index contributed by atoms with van der Waals surface area (Å²) in [6, 6.07) is 11.8. The molecular formula is C27H29FN6O2. The number of aromatic amines is 1. The number of nitrogens with zero attached hydrogens (tertiary/aromatic N) is 3. The molecule has 36 heavy (non-hydrogen) atoms. The van der Waals surface area contributed by atoms with E-state index in [0.717, 1.165) is 29.7 Å². The zero-order chi connectivity index (χ0) is 25.4. The van der Waals surface area contributed by atoms with Crippen LogP contribution in [-0.2, 0) is 0 Å². The minimum absolute atomic E-state index is 0.101. The van der Waals surface area contributed by atoms with E-state index in [0.29, 0.717) is 28.5 Å². The first-order valence-corrected chi connectivity index (χ1v) is 11.8. The van der Waals surface area contributed by atoms with Gasteiger partial charge < -0.3 is 20.4 Å². The summed E-state index contributed by atoms with van der Waals surface area (Å²) in [5, 5.41) is 7.06. The highest BCUT2D eigenvalue weighted by molar-refractivity contribution is 5.95. The van der Waals surface area contributed by atoms with Crippen molar-refractivity contribution in [2.24, 2.45) is 0 Å². The average molecular weight is 489 g/mol. The molecule has 1 saturated heterocycles. The molecule has 3 N–H and O–H groups in total. The number of amides is 1. The minimum atomic E-state index is -0.293. The maximum Gasteiger partial charge on any atom is 0.251 e. The van der Waals surface area contributed by atoms with E-state index in [-0.39, 0.29) is 23.3 Å². The summed E-state index contributed by atoms with van der Waals surface area (Å²) in [7, 11) is 1.56. The summed E-state index contributed by atoms with van der Waals surface area (Å²) in [5.74, 6) is 0.597. The second-order valence-corrected chi connectivity index (χ2v) is 9.99. The minimum Gasteiger partial charge on any atom is -0.495 e. The maximum absolute atomic E-state index is 13.6. The number of aromatic nitrogens is 3. The molecule has 0 unspecified atom stereocenters. The molecule has 0 spiro atoms. The lowest BCUT2D eigenvalue weighted by atomic mass is 9.97. The van der Waals surface area contributed by atoms with Crippen molar-refractivity contribution in [1.29, 1.82) is 0 Å². The Morgan fingerprint density at radius 3 is 2.69 bits per heavy atom. The summed E-state index contributed by atoms with van der Waals surface area (Å²) in [6.45, 7) is 8.19. The highest BCUT2D eigenvalue weighted by Gasteiger charge is 2.35. The Balaban J connectivity index is 1.30. The number of carbonyl (C=O) groups excluding carboxylic acids is 1. The molecular weight excluding hydrogens is 459 g/mol. The average Bonchev–Trinajstić information content (AvgIpc) is 3.24. The molecule has 8 nitrogen and oxygen atoms in total. The number of anilines is 2. The Kier molecular flexibility index (Phi) is 6.09. The number of nitrogens with one attached hydrogen (secondary N) is 3. The van der Waals surface area contributed by atoms with E-state index in [9.17, 15) is 9.18 Å². The Labute approximate surface area is 208 Å². The van der Waals surface area contributed by atoms with Gasteiger partial charge in [-0.1, -0.05) is 0 Å². The van der Waals surface area contributed by atoms with Gasteiger partial charge in [0.15, 0.2) is 0 Å². The molecule has 3 heterocycles. The van der Waals surface area contributed by atoms with Crippen LogP contribution in [0.4, 0.5) is 15.9 Å². The van der Waals surface area contributed by atoms with Crippen LogP contribution in [0.25, 0.3) is 22.3 Å². The third kappa shape index (κ3) is 4.87. The Hall–Kier alpha value is -3.98. The summed E-state index contributed by atoms with van der Waals surface area (Å²) in [6.07, 6.45) is 3.24.